The zero-order chi connectivity index (χ0) is 22.7. The van der Waals surface area contributed by atoms with Gasteiger partial charge < -0.3 is 20.3 Å². The third-order valence-corrected chi connectivity index (χ3v) is 5.25. The summed E-state index contributed by atoms with van der Waals surface area (Å²) in [6, 6.07) is 16.0. The van der Waals surface area contributed by atoms with E-state index in [1.165, 1.54) is 0 Å². The summed E-state index contributed by atoms with van der Waals surface area (Å²) >= 11 is 5.23. The first kappa shape index (κ1) is 21.8. The highest BCUT2D eigenvalue weighted by atomic mass is 32.1. The molecule has 2 aromatic carbocycles. The van der Waals surface area contributed by atoms with Crippen molar-refractivity contribution < 1.29 is 17.9 Å². The molecule has 6 nitrogen and oxygen atoms in total. The lowest BCUT2D eigenvalue weighted by Gasteiger charge is -2.19. The Morgan fingerprint density at radius 3 is 2.31 bits per heavy atom. The Hall–Kier alpha value is -3.40. The summed E-state index contributed by atoms with van der Waals surface area (Å²) in [5, 5.41) is 5.75. The summed E-state index contributed by atoms with van der Waals surface area (Å²) in [6.07, 6.45) is -4.61. The van der Waals surface area contributed by atoms with Crippen molar-refractivity contribution in [2.75, 3.05) is 17.3 Å². The van der Waals surface area contributed by atoms with Gasteiger partial charge in [-0.15, -0.1) is 0 Å². The summed E-state index contributed by atoms with van der Waals surface area (Å²) in [6.45, 7) is 1.33. The van der Waals surface area contributed by atoms with E-state index in [1.54, 1.807) is 12.0 Å². The lowest BCUT2D eigenvalue weighted by atomic mass is 10.1. The summed E-state index contributed by atoms with van der Waals surface area (Å²) in [4.78, 5) is 9.69. The third kappa shape index (κ3) is 5.08. The minimum atomic E-state index is -4.61. The van der Waals surface area contributed by atoms with Gasteiger partial charge >= 0.3 is 6.18 Å². The van der Waals surface area contributed by atoms with Crippen molar-refractivity contribution >= 4 is 29.1 Å². The number of rotatable bonds is 5. The number of aromatic nitrogens is 2. The number of hydrogen-bond acceptors (Lipinski definition) is 5. The largest absolute Gasteiger partial charge is 0.497 e. The van der Waals surface area contributed by atoms with Gasteiger partial charge in [0.1, 0.15) is 11.6 Å². The maximum Gasteiger partial charge on any atom is 0.433 e. The van der Waals surface area contributed by atoms with Gasteiger partial charge in [-0.05, 0) is 41.0 Å². The van der Waals surface area contributed by atoms with Crippen LogP contribution < -0.4 is 20.3 Å². The number of ether oxygens (including phenoxy) is 1. The molecule has 166 valence electrons. The second-order valence-corrected chi connectivity index (χ2v) is 7.62. The zero-order valence-corrected chi connectivity index (χ0v) is 17.9. The van der Waals surface area contributed by atoms with Gasteiger partial charge in [0, 0.05) is 25.7 Å². The van der Waals surface area contributed by atoms with E-state index < -0.39 is 11.9 Å². The zero-order valence-electron chi connectivity index (χ0n) is 17.1. The number of methoxy groups -OCH3 is 1. The van der Waals surface area contributed by atoms with E-state index in [2.05, 4.69) is 20.6 Å². The van der Waals surface area contributed by atoms with Gasteiger partial charge in [-0.2, -0.15) is 18.2 Å². The monoisotopic (exact) mass is 459 g/mol. The van der Waals surface area contributed by atoms with E-state index in [9.17, 15) is 13.2 Å². The van der Waals surface area contributed by atoms with Gasteiger partial charge in [-0.1, -0.05) is 36.4 Å². The topological polar surface area (TPSA) is 62.3 Å². The predicted octanol–water partition coefficient (Wildman–Crippen LogP) is 4.51. The number of anilines is 2. The number of halogens is 3. The average molecular weight is 459 g/mol. The van der Waals surface area contributed by atoms with Crippen LogP contribution in [0.4, 0.5) is 24.9 Å². The molecule has 0 aliphatic carbocycles. The van der Waals surface area contributed by atoms with Gasteiger partial charge in [0.15, 0.2) is 10.8 Å². The first-order chi connectivity index (χ1) is 15.3. The van der Waals surface area contributed by atoms with Crippen molar-refractivity contribution in [1.82, 2.24) is 15.3 Å². The Kier molecular flexibility index (Phi) is 6.13. The van der Waals surface area contributed by atoms with Crippen molar-refractivity contribution in [1.29, 1.82) is 0 Å². The van der Waals surface area contributed by atoms with Crippen molar-refractivity contribution in [3.05, 3.63) is 77.0 Å². The van der Waals surface area contributed by atoms with Crippen LogP contribution in [0.5, 0.6) is 5.75 Å². The molecule has 2 heterocycles. The number of fused-ring (bicyclic) bond motifs is 1. The van der Waals surface area contributed by atoms with E-state index in [0.29, 0.717) is 19.6 Å². The molecule has 0 bridgehead atoms. The van der Waals surface area contributed by atoms with Crippen LogP contribution >= 0.6 is 12.2 Å². The van der Waals surface area contributed by atoms with Crippen molar-refractivity contribution in [2.24, 2.45) is 0 Å². The molecule has 10 heteroatoms. The Bertz CT molecular complexity index is 1100. The number of thiocarbonyl (C=S) groups is 1. The van der Waals surface area contributed by atoms with Crippen LogP contribution in [0.25, 0.3) is 0 Å². The highest BCUT2D eigenvalue weighted by molar-refractivity contribution is 7.80. The van der Waals surface area contributed by atoms with Gasteiger partial charge in [0.05, 0.1) is 7.11 Å². The molecule has 1 aromatic heterocycles. The first-order valence-electron chi connectivity index (χ1n) is 9.77. The minimum Gasteiger partial charge on any atom is -0.497 e. The fourth-order valence-corrected chi connectivity index (χ4v) is 3.53. The van der Waals surface area contributed by atoms with Crippen LogP contribution in [-0.2, 0) is 25.8 Å². The molecule has 3 aromatic rings. The number of nitrogens with zero attached hydrogens (tertiary/aromatic N) is 3. The number of hydrogen-bond donors (Lipinski definition) is 2. The second kappa shape index (κ2) is 8.99. The fourth-order valence-electron chi connectivity index (χ4n) is 3.36. The van der Waals surface area contributed by atoms with Crippen molar-refractivity contribution in [2.45, 2.75) is 25.8 Å². The predicted molar refractivity (Wildman–Crippen MR) is 119 cm³/mol. The second-order valence-electron chi connectivity index (χ2n) is 7.21. The molecule has 0 saturated carbocycles. The Labute approximate surface area is 188 Å². The fraction of sp³-hybridized carbons (Fsp3) is 0.227. The summed E-state index contributed by atoms with van der Waals surface area (Å²) < 4.78 is 45.5. The molecule has 0 fully saturated rings. The molecule has 0 saturated heterocycles. The van der Waals surface area contributed by atoms with E-state index >= 15 is 0 Å². The first-order valence-corrected chi connectivity index (χ1v) is 10.2. The van der Waals surface area contributed by atoms with Gasteiger partial charge in [0.25, 0.3) is 0 Å². The number of benzene rings is 2. The summed E-state index contributed by atoms with van der Waals surface area (Å²) in [5.41, 5.74) is 2.02. The van der Waals surface area contributed by atoms with Crippen LogP contribution in [0.2, 0.25) is 0 Å². The van der Waals surface area contributed by atoms with Crippen LogP contribution in [0, 0.1) is 0 Å². The SMILES string of the molecule is COc1ccc(CNC(=S)Nc2nc(N3Cc4ccccc4C3)cc(C(F)(F)F)n2)cc1. The van der Waals surface area contributed by atoms with Crippen LogP contribution in [0.1, 0.15) is 22.4 Å². The molecule has 4 rings (SSSR count). The van der Waals surface area contributed by atoms with E-state index in [4.69, 9.17) is 17.0 Å². The standard InChI is InChI=1S/C22H20F3N5OS/c1-31-17-8-6-14(7-9-17)11-26-21(32)29-20-27-18(22(23,24)25)10-19(28-20)30-12-15-4-2-3-5-16(15)13-30/h2-10H,11-13H2,1H3,(H2,26,27,28,29,32). The normalized spacial score (nSPS) is 12.9. The quantitative estimate of drug-likeness (QED) is 0.545. The van der Waals surface area contributed by atoms with Gasteiger partial charge in [-0.25, -0.2) is 4.98 Å². The van der Waals surface area contributed by atoms with Crippen molar-refractivity contribution in [3.63, 3.8) is 0 Å². The average Bonchev–Trinajstić information content (AvgIpc) is 3.22. The van der Waals surface area contributed by atoms with Crippen molar-refractivity contribution in [3.8, 4) is 5.75 Å². The van der Waals surface area contributed by atoms with Crippen LogP contribution in [0.15, 0.2) is 54.6 Å². The smallest absolute Gasteiger partial charge is 0.433 e. The van der Waals surface area contributed by atoms with Crippen LogP contribution in [0.3, 0.4) is 0 Å². The Morgan fingerprint density at radius 2 is 1.72 bits per heavy atom. The maximum atomic E-state index is 13.5. The van der Waals surface area contributed by atoms with Gasteiger partial charge in [0.2, 0.25) is 5.95 Å². The maximum absolute atomic E-state index is 13.5. The molecule has 2 N–H and O–H groups in total. The van der Waals surface area contributed by atoms with E-state index in [1.807, 2.05) is 48.5 Å². The Balaban J connectivity index is 1.49. The highest BCUT2D eigenvalue weighted by Crippen LogP contribution is 2.33. The molecule has 0 amide bonds. The third-order valence-electron chi connectivity index (χ3n) is 5.01. The lowest BCUT2D eigenvalue weighted by molar-refractivity contribution is -0.141. The molecule has 0 radical (unpaired) electrons. The summed E-state index contributed by atoms with van der Waals surface area (Å²) in [5.74, 6) is 0.699. The molecule has 0 unspecified atom stereocenters. The van der Waals surface area contributed by atoms with Gasteiger partial charge in [-0.3, -0.25) is 0 Å². The molecule has 0 atom stereocenters. The molecular formula is C22H20F3N5OS. The Morgan fingerprint density at radius 1 is 1.06 bits per heavy atom. The lowest BCUT2D eigenvalue weighted by Crippen LogP contribution is -2.29. The highest BCUT2D eigenvalue weighted by Gasteiger charge is 2.35. The van der Waals surface area contributed by atoms with E-state index in [0.717, 1.165) is 28.5 Å². The number of nitrogens with one attached hydrogen (secondary N) is 2. The summed E-state index contributed by atoms with van der Waals surface area (Å²) in [7, 11) is 1.58. The molecular weight excluding hydrogens is 439 g/mol. The minimum absolute atomic E-state index is 0.121. The molecule has 0 spiro atoms. The van der Waals surface area contributed by atoms with E-state index in [-0.39, 0.29) is 16.9 Å². The number of alkyl halides is 3. The molecule has 32 heavy (non-hydrogen) atoms. The molecule has 1 aliphatic rings. The van der Waals surface area contributed by atoms with Crippen LogP contribution in [-0.4, -0.2) is 22.2 Å². The molecule has 1 aliphatic heterocycles.